The Morgan fingerprint density at radius 3 is 3.10 bits per heavy atom. The van der Waals surface area contributed by atoms with Crippen molar-refractivity contribution in [2.24, 2.45) is 0 Å². The molecule has 0 radical (unpaired) electrons. The lowest BCUT2D eigenvalue weighted by atomic mass is 10.0. The Kier molecular flexibility index (Phi) is 1.66. The molecule has 0 spiro atoms. The van der Waals surface area contributed by atoms with Crippen molar-refractivity contribution in [3.05, 3.63) is 0 Å². The maximum atomic E-state index is 5.63. The van der Waals surface area contributed by atoms with E-state index in [9.17, 15) is 0 Å². The van der Waals surface area contributed by atoms with Crippen LogP contribution in [-0.2, 0) is 4.74 Å². The average molecular weight is 141 g/mol. The van der Waals surface area contributed by atoms with Crippen LogP contribution in [0.15, 0.2) is 0 Å². The Labute approximate surface area is 62.2 Å². The van der Waals surface area contributed by atoms with Crippen molar-refractivity contribution in [2.75, 3.05) is 20.2 Å². The lowest BCUT2D eigenvalue weighted by Gasteiger charge is -2.29. The maximum Gasteiger partial charge on any atom is 0.0742 e. The van der Waals surface area contributed by atoms with Crippen molar-refractivity contribution in [3.63, 3.8) is 0 Å². The van der Waals surface area contributed by atoms with E-state index in [1.807, 2.05) is 0 Å². The molecule has 2 heteroatoms. The molecule has 0 saturated carbocycles. The minimum absolute atomic E-state index is 0.568. The second-order valence-electron chi connectivity index (χ2n) is 3.39. The molecule has 0 amide bonds. The molecule has 0 aromatic rings. The molecule has 2 saturated heterocycles. The molecule has 2 nitrogen and oxygen atoms in total. The summed E-state index contributed by atoms with van der Waals surface area (Å²) < 4.78 is 5.63. The summed E-state index contributed by atoms with van der Waals surface area (Å²) in [6.45, 7) is 2.23. The predicted molar refractivity (Wildman–Crippen MR) is 40.0 cm³/mol. The third-order valence-electron chi connectivity index (χ3n) is 2.74. The summed E-state index contributed by atoms with van der Waals surface area (Å²) in [5, 5.41) is 0. The molecule has 2 rings (SSSR count). The monoisotopic (exact) mass is 141 g/mol. The SMILES string of the molecule is CN1CCC2OCCCC21. The van der Waals surface area contributed by atoms with Gasteiger partial charge in [-0.2, -0.15) is 0 Å². The molecule has 2 aliphatic rings. The van der Waals surface area contributed by atoms with Gasteiger partial charge in [-0.25, -0.2) is 0 Å². The van der Waals surface area contributed by atoms with E-state index >= 15 is 0 Å². The van der Waals surface area contributed by atoms with Crippen LogP contribution < -0.4 is 0 Å². The molecule has 0 aromatic heterocycles. The third-order valence-corrected chi connectivity index (χ3v) is 2.74. The number of likely N-dealkylation sites (tertiary alicyclic amines) is 1. The van der Waals surface area contributed by atoms with Crippen LogP contribution in [0.4, 0.5) is 0 Å². The van der Waals surface area contributed by atoms with Crippen molar-refractivity contribution in [1.29, 1.82) is 0 Å². The maximum absolute atomic E-state index is 5.63. The molecule has 10 heavy (non-hydrogen) atoms. The van der Waals surface area contributed by atoms with Gasteiger partial charge in [-0.1, -0.05) is 0 Å². The normalized spacial score (nSPS) is 41.7. The van der Waals surface area contributed by atoms with E-state index in [0.717, 1.165) is 12.6 Å². The highest BCUT2D eigenvalue weighted by Crippen LogP contribution is 2.26. The van der Waals surface area contributed by atoms with Gasteiger partial charge in [0, 0.05) is 19.2 Å². The first-order valence-corrected chi connectivity index (χ1v) is 4.20. The number of hydrogen-bond donors (Lipinski definition) is 0. The first kappa shape index (κ1) is 6.62. The lowest BCUT2D eigenvalue weighted by Crippen LogP contribution is -2.37. The van der Waals surface area contributed by atoms with Gasteiger partial charge < -0.3 is 9.64 Å². The summed E-state index contributed by atoms with van der Waals surface area (Å²) in [5.74, 6) is 0. The first-order valence-electron chi connectivity index (χ1n) is 4.20. The highest BCUT2D eigenvalue weighted by molar-refractivity contribution is 4.88. The minimum atomic E-state index is 0.568. The Morgan fingerprint density at radius 1 is 1.40 bits per heavy atom. The zero-order chi connectivity index (χ0) is 6.97. The molecule has 2 fully saturated rings. The zero-order valence-corrected chi connectivity index (χ0v) is 6.55. The molecular formula is C8H15NO. The van der Waals surface area contributed by atoms with Crippen LogP contribution in [0.1, 0.15) is 19.3 Å². The first-order chi connectivity index (χ1) is 4.88. The third kappa shape index (κ3) is 0.956. The van der Waals surface area contributed by atoms with Gasteiger partial charge in [-0.05, 0) is 26.3 Å². The minimum Gasteiger partial charge on any atom is -0.377 e. The highest BCUT2D eigenvalue weighted by Gasteiger charge is 2.34. The summed E-state index contributed by atoms with van der Waals surface area (Å²) in [7, 11) is 2.21. The summed E-state index contributed by atoms with van der Waals surface area (Å²) in [5.41, 5.74) is 0. The van der Waals surface area contributed by atoms with E-state index in [1.165, 1.54) is 25.8 Å². The molecule has 0 aliphatic carbocycles. The van der Waals surface area contributed by atoms with Crippen molar-refractivity contribution in [2.45, 2.75) is 31.4 Å². The topological polar surface area (TPSA) is 12.5 Å². The number of rotatable bonds is 0. The molecule has 2 heterocycles. The molecular weight excluding hydrogens is 126 g/mol. The number of ether oxygens (including phenoxy) is 1. The van der Waals surface area contributed by atoms with Gasteiger partial charge in [-0.15, -0.1) is 0 Å². The fourth-order valence-electron chi connectivity index (χ4n) is 2.10. The summed E-state index contributed by atoms with van der Waals surface area (Å²) in [6.07, 6.45) is 4.42. The van der Waals surface area contributed by atoms with Crippen molar-refractivity contribution >= 4 is 0 Å². The Hall–Kier alpha value is -0.0800. The summed E-state index contributed by atoms with van der Waals surface area (Å²) in [6, 6.07) is 0.744. The van der Waals surface area contributed by atoms with Gasteiger partial charge in [0.25, 0.3) is 0 Å². The van der Waals surface area contributed by atoms with Gasteiger partial charge in [-0.3, -0.25) is 0 Å². The van der Waals surface area contributed by atoms with Crippen molar-refractivity contribution in [3.8, 4) is 0 Å². The number of nitrogens with zero attached hydrogens (tertiary/aromatic N) is 1. The summed E-state index contributed by atoms with van der Waals surface area (Å²) >= 11 is 0. The van der Waals surface area contributed by atoms with Gasteiger partial charge in [0.05, 0.1) is 6.10 Å². The zero-order valence-electron chi connectivity index (χ0n) is 6.55. The van der Waals surface area contributed by atoms with Crippen LogP contribution in [0.3, 0.4) is 0 Å². The second-order valence-corrected chi connectivity index (χ2v) is 3.39. The predicted octanol–water partition coefficient (Wildman–Crippen LogP) is 0.869. The van der Waals surface area contributed by atoms with E-state index in [1.54, 1.807) is 0 Å². The van der Waals surface area contributed by atoms with E-state index in [0.29, 0.717) is 6.10 Å². The average Bonchev–Trinajstić information content (AvgIpc) is 2.34. The molecule has 0 aromatic carbocycles. The smallest absolute Gasteiger partial charge is 0.0742 e. The quantitative estimate of drug-likeness (QED) is 0.496. The molecule has 2 unspecified atom stereocenters. The van der Waals surface area contributed by atoms with Gasteiger partial charge in [0.15, 0.2) is 0 Å². The van der Waals surface area contributed by atoms with Crippen LogP contribution >= 0.6 is 0 Å². The standard InChI is InChI=1S/C8H15NO/c1-9-5-4-8-7(9)3-2-6-10-8/h7-8H,2-6H2,1H3. The largest absolute Gasteiger partial charge is 0.377 e. The fraction of sp³-hybridized carbons (Fsp3) is 1.00. The van der Waals surface area contributed by atoms with Crippen LogP contribution in [0.25, 0.3) is 0 Å². The Balaban J connectivity index is 2.01. The second kappa shape index (κ2) is 2.51. The van der Waals surface area contributed by atoms with Crippen LogP contribution in [0, 0.1) is 0 Å². The Bertz CT molecular complexity index is 124. The number of likely N-dealkylation sites (N-methyl/N-ethyl adjacent to an activating group) is 1. The van der Waals surface area contributed by atoms with Gasteiger partial charge in [0.2, 0.25) is 0 Å². The number of fused-ring (bicyclic) bond motifs is 1. The number of hydrogen-bond acceptors (Lipinski definition) is 2. The van der Waals surface area contributed by atoms with Crippen molar-refractivity contribution in [1.82, 2.24) is 4.90 Å². The molecule has 58 valence electrons. The van der Waals surface area contributed by atoms with E-state index in [2.05, 4.69) is 11.9 Å². The molecule has 0 bridgehead atoms. The van der Waals surface area contributed by atoms with E-state index in [4.69, 9.17) is 4.74 Å². The molecule has 2 atom stereocenters. The molecule has 0 N–H and O–H groups in total. The lowest BCUT2D eigenvalue weighted by molar-refractivity contribution is -0.00667. The fourth-order valence-corrected chi connectivity index (χ4v) is 2.10. The van der Waals surface area contributed by atoms with Gasteiger partial charge >= 0.3 is 0 Å². The summed E-state index contributed by atoms with van der Waals surface area (Å²) in [4.78, 5) is 2.43. The van der Waals surface area contributed by atoms with Crippen LogP contribution in [0.5, 0.6) is 0 Å². The highest BCUT2D eigenvalue weighted by atomic mass is 16.5. The van der Waals surface area contributed by atoms with E-state index in [-0.39, 0.29) is 0 Å². The van der Waals surface area contributed by atoms with Crippen LogP contribution in [0.2, 0.25) is 0 Å². The van der Waals surface area contributed by atoms with Crippen LogP contribution in [-0.4, -0.2) is 37.2 Å². The van der Waals surface area contributed by atoms with Crippen molar-refractivity contribution < 1.29 is 4.74 Å². The van der Waals surface area contributed by atoms with E-state index < -0.39 is 0 Å². The Morgan fingerprint density at radius 2 is 2.30 bits per heavy atom. The van der Waals surface area contributed by atoms with Gasteiger partial charge in [0.1, 0.15) is 0 Å². The molecule has 2 aliphatic heterocycles.